The van der Waals surface area contributed by atoms with Crippen LogP contribution in [0, 0.1) is 12.3 Å². The molecular weight excluding hydrogens is 782 g/mol. The van der Waals surface area contributed by atoms with Gasteiger partial charge in [0.1, 0.15) is 0 Å². The van der Waals surface area contributed by atoms with Crippen LogP contribution in [0.1, 0.15) is 48.2 Å². The van der Waals surface area contributed by atoms with Gasteiger partial charge in [-0.1, -0.05) is 60.5 Å². The minimum Gasteiger partial charge on any atom is -0.454 e. The Hall–Kier alpha value is -5.26. The van der Waals surface area contributed by atoms with Gasteiger partial charge in [0.15, 0.2) is 11.7 Å². The highest BCUT2D eigenvalue weighted by Gasteiger charge is 2.45. The van der Waals surface area contributed by atoms with E-state index >= 15 is 0 Å². The quantitative estimate of drug-likeness (QED) is 0.0755. The predicted molar refractivity (Wildman–Crippen MR) is 204 cm³/mol. The van der Waals surface area contributed by atoms with E-state index in [0.29, 0.717) is 26.8 Å². The van der Waals surface area contributed by atoms with E-state index < -0.39 is 47.5 Å². The van der Waals surface area contributed by atoms with E-state index in [0.717, 1.165) is 28.7 Å². The van der Waals surface area contributed by atoms with E-state index in [4.69, 9.17) is 27.9 Å². The number of thiazole rings is 1. The Kier molecular flexibility index (Phi) is 11.4. The van der Waals surface area contributed by atoms with Crippen LogP contribution in [-0.4, -0.2) is 63.5 Å². The molecule has 0 saturated heterocycles. The standard InChI is InChI=1S/C36H34Cl2F3N9O4S/c1-19-24(38)12-13-25-26(19)45-33(55-25)46-29(53)28(52)43-17-34(2,3)16-42-27(51)20-4-10-23(11-5-20)44-30-47-31(49-32(48-30)54-18-36(39,40)41)50-35(14-15-35)21-6-8-22(37)9-7-21/h4-13H,14-18H2,1-3H3,(H,42,51)(H,43,52)(H,45,46,53)(H2,44,47,48,49,50). The first-order valence-corrected chi connectivity index (χ1v) is 18.3. The second kappa shape index (κ2) is 15.8. The van der Waals surface area contributed by atoms with Crippen LogP contribution in [0.15, 0.2) is 60.7 Å². The van der Waals surface area contributed by atoms with E-state index in [-0.39, 0.29) is 30.1 Å². The van der Waals surface area contributed by atoms with Gasteiger partial charge in [-0.05, 0) is 84.8 Å². The summed E-state index contributed by atoms with van der Waals surface area (Å²) >= 11 is 13.4. The van der Waals surface area contributed by atoms with Gasteiger partial charge in [0.05, 0.1) is 15.8 Å². The van der Waals surface area contributed by atoms with Gasteiger partial charge in [0, 0.05) is 34.4 Å². The Morgan fingerprint density at radius 3 is 2.20 bits per heavy atom. The first-order chi connectivity index (χ1) is 26.0. The average Bonchev–Trinajstić information content (AvgIpc) is 3.80. The Balaban J connectivity index is 1.03. The van der Waals surface area contributed by atoms with E-state index in [2.05, 4.69) is 46.5 Å². The molecule has 1 aliphatic rings. The SMILES string of the molecule is Cc1c(Cl)ccc2sc(NC(=O)C(=O)NCC(C)(C)CNC(=O)c3ccc(Nc4nc(NC5(c6ccc(Cl)cc6)CC5)nc(OCC(F)(F)F)n4)cc3)nc12. The fourth-order valence-corrected chi connectivity index (χ4v) is 6.50. The summed E-state index contributed by atoms with van der Waals surface area (Å²) in [5.74, 6) is -2.22. The number of nitrogens with one attached hydrogen (secondary N) is 5. The number of carbonyl (C=O) groups is 3. The van der Waals surface area contributed by atoms with Gasteiger partial charge in [-0.3, -0.25) is 19.7 Å². The monoisotopic (exact) mass is 815 g/mol. The van der Waals surface area contributed by atoms with E-state index in [1.54, 1.807) is 36.4 Å². The molecule has 0 atom stereocenters. The van der Waals surface area contributed by atoms with Gasteiger partial charge in [-0.2, -0.15) is 28.1 Å². The molecule has 0 unspecified atom stereocenters. The van der Waals surface area contributed by atoms with Gasteiger partial charge in [-0.15, -0.1) is 0 Å². The largest absolute Gasteiger partial charge is 0.454 e. The zero-order valence-corrected chi connectivity index (χ0v) is 31.9. The van der Waals surface area contributed by atoms with Crippen molar-refractivity contribution in [3.63, 3.8) is 0 Å². The number of aromatic nitrogens is 4. The van der Waals surface area contributed by atoms with Crippen LogP contribution in [0.25, 0.3) is 10.2 Å². The number of fused-ring (bicyclic) bond motifs is 1. The Bertz CT molecular complexity index is 2230. The number of aryl methyl sites for hydroxylation is 1. The van der Waals surface area contributed by atoms with Gasteiger partial charge in [-0.25, -0.2) is 4.98 Å². The van der Waals surface area contributed by atoms with E-state index in [1.807, 2.05) is 32.9 Å². The van der Waals surface area contributed by atoms with E-state index in [1.165, 1.54) is 23.5 Å². The lowest BCUT2D eigenvalue weighted by Gasteiger charge is -2.25. The number of amides is 3. The summed E-state index contributed by atoms with van der Waals surface area (Å²) in [5, 5.41) is 15.4. The van der Waals surface area contributed by atoms with Crippen LogP contribution in [0.2, 0.25) is 10.0 Å². The summed E-state index contributed by atoms with van der Waals surface area (Å²) in [6, 6.07) is 16.4. The number of rotatable bonds is 13. The van der Waals surface area contributed by atoms with Crippen molar-refractivity contribution in [3.8, 4) is 6.01 Å². The number of alkyl halides is 3. The van der Waals surface area contributed by atoms with Gasteiger partial charge in [0.25, 0.3) is 5.91 Å². The number of ether oxygens (including phenoxy) is 1. The number of hydrogen-bond acceptors (Lipinski definition) is 11. The fraction of sp³-hybridized carbons (Fsp3) is 0.306. The molecule has 19 heteroatoms. The molecule has 3 amide bonds. The Labute approximate surface area is 326 Å². The van der Waals surface area contributed by atoms with Crippen molar-refractivity contribution in [2.45, 2.75) is 45.3 Å². The zero-order valence-electron chi connectivity index (χ0n) is 29.5. The summed E-state index contributed by atoms with van der Waals surface area (Å²) in [4.78, 5) is 54.9. The summed E-state index contributed by atoms with van der Waals surface area (Å²) in [5.41, 5.74) is 1.90. The number of carbonyl (C=O) groups excluding carboxylic acids is 3. The van der Waals surface area contributed by atoms with Crippen LogP contribution < -0.4 is 31.3 Å². The third kappa shape index (κ3) is 10.3. The summed E-state index contributed by atoms with van der Waals surface area (Å²) in [7, 11) is 0. The van der Waals surface area contributed by atoms with Crippen molar-refractivity contribution >= 4 is 85.2 Å². The van der Waals surface area contributed by atoms with Crippen molar-refractivity contribution in [1.82, 2.24) is 30.6 Å². The highest BCUT2D eigenvalue weighted by atomic mass is 35.5. The van der Waals surface area contributed by atoms with Gasteiger partial charge in [0.2, 0.25) is 11.9 Å². The number of anilines is 4. The average molecular weight is 817 g/mol. The second-order valence-corrected chi connectivity index (χ2v) is 15.5. The maximum Gasteiger partial charge on any atom is 0.422 e. The number of benzene rings is 3. The van der Waals surface area contributed by atoms with Gasteiger partial charge < -0.3 is 26.0 Å². The van der Waals surface area contributed by atoms with Crippen LogP contribution in [0.5, 0.6) is 6.01 Å². The van der Waals surface area contributed by atoms with Gasteiger partial charge >= 0.3 is 24.0 Å². The van der Waals surface area contributed by atoms with Crippen molar-refractivity contribution in [1.29, 1.82) is 0 Å². The minimum atomic E-state index is -4.61. The summed E-state index contributed by atoms with van der Waals surface area (Å²) in [6.07, 6.45) is -3.15. The molecule has 5 N–H and O–H groups in total. The normalized spacial score (nSPS) is 13.5. The summed E-state index contributed by atoms with van der Waals surface area (Å²) < 4.78 is 44.5. The highest BCUT2D eigenvalue weighted by molar-refractivity contribution is 7.22. The Morgan fingerprint density at radius 2 is 1.53 bits per heavy atom. The number of nitrogens with zero attached hydrogens (tertiary/aromatic N) is 4. The molecule has 1 saturated carbocycles. The molecule has 1 fully saturated rings. The molecule has 2 aromatic heterocycles. The molecule has 3 aromatic carbocycles. The summed E-state index contributed by atoms with van der Waals surface area (Å²) in [6.45, 7) is 4.08. The lowest BCUT2D eigenvalue weighted by Crippen LogP contribution is -2.44. The first kappa shape index (κ1) is 39.4. The first-order valence-electron chi connectivity index (χ1n) is 16.8. The number of hydrogen-bond donors (Lipinski definition) is 5. The minimum absolute atomic E-state index is 0.00609. The van der Waals surface area contributed by atoms with E-state index in [9.17, 15) is 27.6 Å². The Morgan fingerprint density at radius 1 is 0.855 bits per heavy atom. The molecule has 288 valence electrons. The fourth-order valence-electron chi connectivity index (χ4n) is 5.30. The second-order valence-electron chi connectivity index (χ2n) is 13.6. The molecular formula is C36H34Cl2F3N9O4S. The zero-order chi connectivity index (χ0) is 39.5. The van der Waals surface area contributed by atoms with Crippen molar-refractivity contribution in [3.05, 3.63) is 87.4 Å². The maximum absolute atomic E-state index is 13.0. The van der Waals surface area contributed by atoms with Crippen molar-refractivity contribution in [2.75, 3.05) is 35.6 Å². The molecule has 6 rings (SSSR count). The molecule has 5 aromatic rings. The lowest BCUT2D eigenvalue weighted by molar-refractivity contribution is -0.154. The molecule has 0 radical (unpaired) electrons. The third-order valence-corrected chi connectivity index (χ3v) is 10.1. The van der Waals surface area contributed by atoms with Crippen LogP contribution in [-0.2, 0) is 15.1 Å². The topological polar surface area (TPSA) is 172 Å². The maximum atomic E-state index is 13.0. The molecule has 1 aliphatic carbocycles. The third-order valence-electron chi connectivity index (χ3n) is 8.51. The molecule has 55 heavy (non-hydrogen) atoms. The molecule has 0 bridgehead atoms. The molecule has 0 aliphatic heterocycles. The van der Waals surface area contributed by atoms with Crippen molar-refractivity contribution in [2.24, 2.45) is 5.41 Å². The highest BCUT2D eigenvalue weighted by Crippen LogP contribution is 2.48. The van der Waals surface area contributed by atoms with Crippen LogP contribution in [0.3, 0.4) is 0 Å². The smallest absolute Gasteiger partial charge is 0.422 e. The molecule has 0 spiro atoms. The van der Waals surface area contributed by atoms with Crippen molar-refractivity contribution < 1.29 is 32.3 Å². The van der Waals surface area contributed by atoms with Crippen LogP contribution >= 0.6 is 34.5 Å². The number of halogens is 5. The predicted octanol–water partition coefficient (Wildman–Crippen LogP) is 7.39. The molecule has 2 heterocycles. The van der Waals surface area contributed by atoms with Crippen LogP contribution in [0.4, 0.5) is 35.9 Å². The molecule has 13 nitrogen and oxygen atoms in total. The lowest BCUT2D eigenvalue weighted by atomic mass is 9.93.